The number of likely N-dealkylation sites (tertiary alicyclic amines) is 1. The Morgan fingerprint density at radius 3 is 2.52 bits per heavy atom. The predicted octanol–water partition coefficient (Wildman–Crippen LogP) is 2.97. The lowest BCUT2D eigenvalue weighted by Crippen LogP contribution is -2.38. The first-order valence-electron chi connectivity index (χ1n) is 8.57. The van der Waals surface area contributed by atoms with Crippen molar-refractivity contribution in [2.45, 2.75) is 31.8 Å². The standard InChI is InChI=1S/C19H27N3O/c1-15(16-6-4-3-5-7-16)14-22-11-8-17(9-12-22)18(23)19-20-10-13-21(19)2/h3-7,10,13,15,17-18,23H,8-9,11-12,14H2,1-2H3. The maximum absolute atomic E-state index is 10.6. The molecule has 1 N–H and O–H groups in total. The van der Waals surface area contributed by atoms with Gasteiger partial charge in [0.05, 0.1) is 0 Å². The minimum Gasteiger partial charge on any atom is -0.385 e. The minimum absolute atomic E-state index is 0.319. The second-order valence-electron chi connectivity index (χ2n) is 6.79. The van der Waals surface area contributed by atoms with Gasteiger partial charge in [-0.15, -0.1) is 0 Å². The van der Waals surface area contributed by atoms with E-state index in [1.165, 1.54) is 5.56 Å². The third kappa shape index (κ3) is 3.82. The molecule has 2 unspecified atom stereocenters. The highest BCUT2D eigenvalue weighted by atomic mass is 16.3. The van der Waals surface area contributed by atoms with Crippen LogP contribution in [0, 0.1) is 5.92 Å². The molecule has 0 saturated carbocycles. The number of hydrogen-bond donors (Lipinski definition) is 1. The number of benzene rings is 1. The zero-order valence-corrected chi connectivity index (χ0v) is 14.1. The first-order valence-corrected chi connectivity index (χ1v) is 8.57. The van der Waals surface area contributed by atoms with Crippen molar-refractivity contribution in [3.05, 3.63) is 54.1 Å². The summed E-state index contributed by atoms with van der Waals surface area (Å²) in [5.41, 5.74) is 1.41. The summed E-state index contributed by atoms with van der Waals surface area (Å²) >= 11 is 0. The van der Waals surface area contributed by atoms with Crippen LogP contribution in [0.5, 0.6) is 0 Å². The van der Waals surface area contributed by atoms with Crippen LogP contribution in [0.3, 0.4) is 0 Å². The summed E-state index contributed by atoms with van der Waals surface area (Å²) < 4.78 is 1.93. The van der Waals surface area contributed by atoms with Gasteiger partial charge in [-0.3, -0.25) is 0 Å². The van der Waals surface area contributed by atoms with Crippen molar-refractivity contribution < 1.29 is 5.11 Å². The van der Waals surface area contributed by atoms with Crippen molar-refractivity contribution >= 4 is 0 Å². The summed E-state index contributed by atoms with van der Waals surface area (Å²) in [5, 5.41) is 10.6. The normalized spacial score (nSPS) is 19.6. The molecule has 0 spiro atoms. The zero-order valence-electron chi connectivity index (χ0n) is 14.1. The zero-order chi connectivity index (χ0) is 16.2. The molecule has 1 aliphatic rings. The molecule has 2 aromatic rings. The number of piperidine rings is 1. The van der Waals surface area contributed by atoms with Crippen LogP contribution in [-0.4, -0.2) is 39.2 Å². The van der Waals surface area contributed by atoms with E-state index in [0.717, 1.165) is 38.3 Å². The lowest BCUT2D eigenvalue weighted by atomic mass is 9.90. The fourth-order valence-electron chi connectivity index (χ4n) is 3.60. The van der Waals surface area contributed by atoms with Crippen LogP contribution in [0.1, 0.15) is 43.2 Å². The van der Waals surface area contributed by atoms with Gasteiger partial charge in [-0.05, 0) is 43.3 Å². The summed E-state index contributed by atoms with van der Waals surface area (Å²) in [6, 6.07) is 10.7. The molecule has 1 aromatic heterocycles. The first kappa shape index (κ1) is 16.2. The number of hydrogen-bond acceptors (Lipinski definition) is 3. The summed E-state index contributed by atoms with van der Waals surface area (Å²) in [6.45, 7) is 5.51. The Labute approximate surface area is 138 Å². The SMILES string of the molecule is CC(CN1CCC(C(O)c2nccn2C)CC1)c1ccccc1. The highest BCUT2D eigenvalue weighted by Crippen LogP contribution is 2.30. The quantitative estimate of drug-likeness (QED) is 0.922. The molecule has 1 aromatic carbocycles. The number of nitrogens with zero attached hydrogens (tertiary/aromatic N) is 3. The van der Waals surface area contributed by atoms with Gasteiger partial charge in [0.1, 0.15) is 11.9 Å². The molecule has 0 aliphatic carbocycles. The highest BCUT2D eigenvalue weighted by Gasteiger charge is 2.28. The van der Waals surface area contributed by atoms with Crippen LogP contribution >= 0.6 is 0 Å². The lowest BCUT2D eigenvalue weighted by Gasteiger charge is -2.35. The molecule has 124 valence electrons. The van der Waals surface area contributed by atoms with E-state index < -0.39 is 6.10 Å². The van der Waals surface area contributed by atoms with E-state index in [0.29, 0.717) is 11.8 Å². The molecule has 0 amide bonds. The Morgan fingerprint density at radius 2 is 1.91 bits per heavy atom. The van der Waals surface area contributed by atoms with Gasteiger partial charge in [0.2, 0.25) is 0 Å². The average Bonchev–Trinajstić information content (AvgIpc) is 3.02. The van der Waals surface area contributed by atoms with E-state index in [1.807, 2.05) is 17.8 Å². The number of aromatic nitrogens is 2. The van der Waals surface area contributed by atoms with Gasteiger partial charge in [0, 0.05) is 26.0 Å². The smallest absolute Gasteiger partial charge is 0.137 e. The fraction of sp³-hybridized carbons (Fsp3) is 0.526. The maximum Gasteiger partial charge on any atom is 0.137 e. The molecule has 4 nitrogen and oxygen atoms in total. The van der Waals surface area contributed by atoms with Crippen molar-refractivity contribution in [2.75, 3.05) is 19.6 Å². The molecule has 1 aliphatic heterocycles. The van der Waals surface area contributed by atoms with Crippen LogP contribution in [-0.2, 0) is 7.05 Å². The van der Waals surface area contributed by atoms with E-state index in [1.54, 1.807) is 6.20 Å². The van der Waals surface area contributed by atoms with Crippen molar-refractivity contribution in [1.29, 1.82) is 0 Å². The summed E-state index contributed by atoms with van der Waals surface area (Å²) in [4.78, 5) is 6.82. The van der Waals surface area contributed by atoms with Gasteiger partial charge >= 0.3 is 0 Å². The summed E-state index contributed by atoms with van der Waals surface area (Å²) in [7, 11) is 1.95. The van der Waals surface area contributed by atoms with Crippen LogP contribution in [0.25, 0.3) is 0 Å². The van der Waals surface area contributed by atoms with Crippen LogP contribution in [0.4, 0.5) is 0 Å². The minimum atomic E-state index is -0.441. The number of aryl methyl sites for hydroxylation is 1. The molecule has 23 heavy (non-hydrogen) atoms. The average molecular weight is 313 g/mol. The van der Waals surface area contributed by atoms with Gasteiger partial charge in [-0.1, -0.05) is 37.3 Å². The second kappa shape index (κ2) is 7.28. The van der Waals surface area contributed by atoms with Crippen LogP contribution in [0.2, 0.25) is 0 Å². The fourth-order valence-corrected chi connectivity index (χ4v) is 3.60. The monoisotopic (exact) mass is 313 g/mol. The highest BCUT2D eigenvalue weighted by molar-refractivity contribution is 5.19. The lowest BCUT2D eigenvalue weighted by molar-refractivity contribution is 0.0500. The number of aliphatic hydroxyl groups is 1. The predicted molar refractivity (Wildman–Crippen MR) is 92.2 cm³/mol. The molecule has 2 atom stereocenters. The van der Waals surface area contributed by atoms with Crippen molar-refractivity contribution in [2.24, 2.45) is 13.0 Å². The summed E-state index contributed by atoms with van der Waals surface area (Å²) in [6.07, 6.45) is 5.29. The Bertz CT molecular complexity index is 602. The van der Waals surface area contributed by atoms with Gasteiger partial charge in [-0.25, -0.2) is 4.98 Å². The molecule has 0 radical (unpaired) electrons. The number of rotatable bonds is 5. The van der Waals surface area contributed by atoms with Crippen LogP contribution < -0.4 is 0 Å². The number of aliphatic hydroxyl groups excluding tert-OH is 1. The Morgan fingerprint density at radius 1 is 1.22 bits per heavy atom. The molecule has 0 bridgehead atoms. The van der Waals surface area contributed by atoms with Gasteiger partial charge in [-0.2, -0.15) is 0 Å². The van der Waals surface area contributed by atoms with Crippen molar-refractivity contribution in [1.82, 2.24) is 14.5 Å². The molecule has 1 fully saturated rings. The first-order chi connectivity index (χ1) is 11.1. The summed E-state index contributed by atoms with van der Waals surface area (Å²) in [5.74, 6) is 1.66. The van der Waals surface area contributed by atoms with E-state index in [9.17, 15) is 5.11 Å². The van der Waals surface area contributed by atoms with Crippen molar-refractivity contribution in [3.8, 4) is 0 Å². The largest absolute Gasteiger partial charge is 0.385 e. The molecular formula is C19H27N3O. The van der Waals surface area contributed by atoms with Gasteiger partial charge in [0.25, 0.3) is 0 Å². The molecule has 3 rings (SSSR count). The second-order valence-corrected chi connectivity index (χ2v) is 6.79. The topological polar surface area (TPSA) is 41.3 Å². The van der Waals surface area contributed by atoms with E-state index in [2.05, 4.69) is 47.1 Å². The third-order valence-corrected chi connectivity index (χ3v) is 5.10. The van der Waals surface area contributed by atoms with Crippen LogP contribution in [0.15, 0.2) is 42.7 Å². The Balaban J connectivity index is 1.51. The number of imidazole rings is 1. The van der Waals surface area contributed by atoms with E-state index >= 15 is 0 Å². The van der Waals surface area contributed by atoms with Gasteiger partial charge in [0.15, 0.2) is 0 Å². The Kier molecular flexibility index (Phi) is 5.13. The van der Waals surface area contributed by atoms with Gasteiger partial charge < -0.3 is 14.6 Å². The van der Waals surface area contributed by atoms with E-state index in [4.69, 9.17) is 0 Å². The molecule has 2 heterocycles. The maximum atomic E-state index is 10.6. The third-order valence-electron chi connectivity index (χ3n) is 5.10. The van der Waals surface area contributed by atoms with E-state index in [-0.39, 0.29) is 0 Å². The van der Waals surface area contributed by atoms with Crippen molar-refractivity contribution in [3.63, 3.8) is 0 Å². The molecular weight excluding hydrogens is 286 g/mol. The molecule has 4 heteroatoms. The molecule has 1 saturated heterocycles. The Hall–Kier alpha value is -1.65.